The van der Waals surface area contributed by atoms with Gasteiger partial charge in [0.05, 0.1) is 75.5 Å². The molecule has 4 aromatic carbocycles. The molecule has 4 N–H and O–H groups in total. The van der Waals surface area contributed by atoms with Gasteiger partial charge < -0.3 is 35.3 Å². The number of aromatic carboxylic acids is 1. The summed E-state index contributed by atoms with van der Waals surface area (Å²) in [6.07, 6.45) is -12.5. The first-order valence-corrected chi connectivity index (χ1v) is 25.6. The van der Waals surface area contributed by atoms with Gasteiger partial charge in [-0.05, 0) is 126 Å². The lowest BCUT2D eigenvalue weighted by atomic mass is 9.86. The van der Waals surface area contributed by atoms with Crippen LogP contribution in [0.5, 0.6) is 0 Å². The monoisotopic (exact) mass is 1230 g/mol. The Bertz CT molecular complexity index is 3110. The molecule has 2 fully saturated rings. The number of hydrogen-bond donors (Lipinski definition) is 3. The van der Waals surface area contributed by atoms with Crippen molar-refractivity contribution in [2.75, 3.05) is 26.3 Å². The van der Waals surface area contributed by atoms with Gasteiger partial charge in [-0.2, -0.15) is 36.5 Å². The van der Waals surface area contributed by atoms with E-state index in [1.54, 1.807) is 48.5 Å². The number of hydrogen-bond acceptors (Lipinski definition) is 13. The fourth-order valence-electron chi connectivity index (χ4n) is 8.10. The summed E-state index contributed by atoms with van der Waals surface area (Å²) >= 11 is 22.8. The molecule has 29 heteroatoms. The maximum Gasteiger partial charge on any atom is 0.435 e. The number of nitrogens with zero attached hydrogens (tertiary/aromatic N) is 4. The van der Waals surface area contributed by atoms with Crippen molar-refractivity contribution in [3.05, 3.63) is 137 Å². The molecule has 4 atom stereocenters. The highest BCUT2D eigenvalue weighted by Gasteiger charge is 2.64. The van der Waals surface area contributed by atoms with Crippen LogP contribution in [0.3, 0.4) is 0 Å². The number of carbonyl (C=O) groups is 4. The minimum Gasteiger partial charge on any atom is -0.478 e. The number of halogens is 12. The Morgan fingerprint density at radius 3 is 1.37 bits per heavy atom. The first kappa shape index (κ1) is 64.0. The zero-order chi connectivity index (χ0) is 60.5. The molecule has 0 radical (unpaired) electrons. The topological polar surface area (TPSA) is 213 Å². The van der Waals surface area contributed by atoms with Crippen molar-refractivity contribution in [3.63, 3.8) is 0 Å². The summed E-state index contributed by atoms with van der Waals surface area (Å²) in [5, 5.41) is 19.0. The Morgan fingerprint density at radius 1 is 0.642 bits per heavy atom. The Balaban J connectivity index is 0.000000222. The lowest BCUT2D eigenvalue weighted by molar-refractivity contribution is -0.276. The maximum atomic E-state index is 14.3. The van der Waals surface area contributed by atoms with Crippen molar-refractivity contribution in [3.8, 4) is 0 Å². The average molecular weight is 1230 g/mol. The van der Waals surface area contributed by atoms with E-state index in [-0.39, 0.29) is 47.3 Å². The van der Waals surface area contributed by atoms with Crippen LogP contribution in [0.25, 0.3) is 0 Å². The molecule has 4 aliphatic rings. The summed E-state index contributed by atoms with van der Waals surface area (Å²) in [7, 11) is 0. The summed E-state index contributed by atoms with van der Waals surface area (Å²) in [5.41, 5.74) is -0.918. The second-order valence-corrected chi connectivity index (χ2v) is 22.4. The van der Waals surface area contributed by atoms with E-state index in [1.807, 2.05) is 0 Å². The molecule has 17 nitrogen and oxygen atoms in total. The molecule has 4 heterocycles. The lowest BCUT2D eigenvalue weighted by Crippen LogP contribution is -2.42. The highest BCUT2D eigenvalue weighted by Crippen LogP contribution is 2.52. The Labute approximate surface area is 477 Å². The summed E-state index contributed by atoms with van der Waals surface area (Å²) in [4.78, 5) is 67.6. The second kappa shape index (κ2) is 24.3. The van der Waals surface area contributed by atoms with Crippen LogP contribution in [0, 0.1) is 25.5 Å². The van der Waals surface area contributed by atoms with Gasteiger partial charge in [-0.25, -0.2) is 23.2 Å². The molecule has 3 amide bonds. The number of carbonyl (C=O) groups excluding carboxylic acids is 3. The minimum atomic E-state index is -4.95. The van der Waals surface area contributed by atoms with Crippen molar-refractivity contribution in [1.82, 2.24) is 15.4 Å². The fraction of sp³-hybridized carbons (Fsp3) is 0.423. The molecule has 81 heavy (non-hydrogen) atoms. The van der Waals surface area contributed by atoms with Crippen molar-refractivity contribution in [2.24, 2.45) is 16.0 Å². The average Bonchev–Trinajstić information content (AvgIpc) is 4.41. The molecule has 0 bridgehead atoms. The molecule has 4 aromatic rings. The first-order chi connectivity index (χ1) is 37.3. The van der Waals surface area contributed by atoms with Gasteiger partial charge in [0, 0.05) is 29.5 Å². The maximum absolute atomic E-state index is 14.3. The quantitative estimate of drug-likeness (QED) is 0.116. The third-order valence-electron chi connectivity index (χ3n) is 12.1. The van der Waals surface area contributed by atoms with E-state index < -0.39 is 121 Å². The number of rotatable bonds is 7. The van der Waals surface area contributed by atoms with Gasteiger partial charge >= 0.3 is 30.5 Å². The Hall–Kier alpha value is -6.22. The summed E-state index contributed by atoms with van der Waals surface area (Å²) < 4.78 is 123. The molecule has 0 spiro atoms. The normalized spacial score (nSPS) is 20.9. The summed E-state index contributed by atoms with van der Waals surface area (Å²) in [6.45, 7) is 14.6. The Morgan fingerprint density at radius 2 is 1.02 bits per heavy atom. The highest BCUT2D eigenvalue weighted by molar-refractivity contribution is 6.35. The first-order valence-electron chi connectivity index (χ1n) is 24.1. The molecule has 0 saturated carbocycles. The third-order valence-corrected chi connectivity index (χ3v) is 13.2. The van der Waals surface area contributed by atoms with Crippen LogP contribution < -0.4 is 11.1 Å². The zero-order valence-electron chi connectivity index (χ0n) is 44.1. The van der Waals surface area contributed by atoms with Crippen LogP contribution in [-0.2, 0) is 40.0 Å². The number of nitrogens with two attached hydrogens (primary N) is 1. The van der Waals surface area contributed by atoms with Crippen LogP contribution in [0.2, 0.25) is 20.1 Å². The van der Waals surface area contributed by atoms with E-state index in [2.05, 4.69) is 15.6 Å². The van der Waals surface area contributed by atoms with Gasteiger partial charge in [0.25, 0.3) is 17.1 Å². The van der Waals surface area contributed by atoms with E-state index >= 15 is 0 Å². The van der Waals surface area contributed by atoms with E-state index in [1.165, 1.54) is 43.3 Å². The molecular formula is C52H52Cl4F8N6O11. The van der Waals surface area contributed by atoms with Gasteiger partial charge in [-0.1, -0.05) is 68.8 Å². The number of alkyl halides is 6. The number of aryl methyl sites for hydroxylation is 2. The molecule has 8 rings (SSSR count). The molecule has 440 valence electrons. The molecule has 4 unspecified atom stereocenters. The third kappa shape index (κ3) is 14.9. The van der Waals surface area contributed by atoms with Crippen molar-refractivity contribution < 1.29 is 88.2 Å². The predicted octanol–water partition coefficient (Wildman–Crippen LogP) is 12.5. The van der Waals surface area contributed by atoms with Crippen LogP contribution in [0.1, 0.15) is 108 Å². The van der Waals surface area contributed by atoms with Gasteiger partial charge in [0.2, 0.25) is 0 Å². The Kier molecular flexibility index (Phi) is 19.2. The van der Waals surface area contributed by atoms with Gasteiger partial charge in [0.1, 0.15) is 11.2 Å². The van der Waals surface area contributed by atoms with Crippen molar-refractivity contribution in [1.29, 1.82) is 0 Å². The smallest absolute Gasteiger partial charge is 0.435 e. The van der Waals surface area contributed by atoms with E-state index in [9.17, 15) is 54.3 Å². The number of carboxylic acids is 1. The van der Waals surface area contributed by atoms with Crippen molar-refractivity contribution >= 4 is 81.9 Å². The summed E-state index contributed by atoms with van der Waals surface area (Å²) in [6, 6.07) is 11.0. The number of nitrogens with one attached hydrogen (secondary N) is 1. The molecule has 0 aromatic heterocycles. The number of benzene rings is 4. The van der Waals surface area contributed by atoms with Crippen LogP contribution in [0.15, 0.2) is 71.0 Å². The van der Waals surface area contributed by atoms with Gasteiger partial charge in [0.15, 0.2) is 11.6 Å². The number of carboxylic acid groups (broad SMARTS) is 1. The van der Waals surface area contributed by atoms with Crippen LogP contribution >= 0.6 is 46.4 Å². The minimum absolute atomic E-state index is 0.0162. The molecule has 0 aliphatic carbocycles. The van der Waals surface area contributed by atoms with E-state index in [4.69, 9.17) is 86.1 Å². The second-order valence-electron chi connectivity index (χ2n) is 20.7. The van der Waals surface area contributed by atoms with Gasteiger partial charge in [-0.3, -0.25) is 14.5 Å². The molecular weight excluding hydrogens is 1180 g/mol. The summed E-state index contributed by atoms with van der Waals surface area (Å²) in [5.74, 6) is -3.71. The fourth-order valence-corrected chi connectivity index (χ4v) is 9.07. The lowest BCUT2D eigenvalue weighted by Gasteiger charge is -2.29. The largest absolute Gasteiger partial charge is 0.478 e. The number of amides is 3. The molecule has 2 saturated heterocycles. The van der Waals surface area contributed by atoms with Gasteiger partial charge in [-0.15, -0.1) is 0 Å². The van der Waals surface area contributed by atoms with E-state index in [0.29, 0.717) is 29.8 Å². The standard InChI is InChI=1S/C26H25Cl2F4N3O5.C18H11Cl2F4NO3.C8H16N2O3/c1-13-7-14(5-6-17(13)22(36)33-16-11-35(38-12-16)23(37)39-24(2,3)4)20-10-25(40-34-20,26(30,31)32)15-8-18(27)21(29)19(28)9-15;1-8-4-9(2-3-11(8)16(26)27)14-7-17(28-25-14,18(22,23)24)10-5-12(19)15(21)13(20)6-10;1-8(2,3)13-7(11)10-4-6(9)5-12-10/h5-9,16H,10-12H2,1-4H3,(H,33,36);2-6H,7H2,1H3,(H,26,27);6H,4-5,9H2,1-3H3. The number of oxime groups is 2. The van der Waals surface area contributed by atoms with Crippen LogP contribution in [0.4, 0.5) is 44.7 Å². The number of hydroxylamine groups is 4. The number of ether oxygens (including phenoxy) is 2. The van der Waals surface area contributed by atoms with Crippen LogP contribution in [-0.4, -0.2) is 113 Å². The highest BCUT2D eigenvalue weighted by atomic mass is 35.5. The predicted molar refractivity (Wildman–Crippen MR) is 279 cm³/mol. The zero-order valence-corrected chi connectivity index (χ0v) is 47.1. The van der Waals surface area contributed by atoms with E-state index in [0.717, 1.165) is 34.4 Å². The van der Waals surface area contributed by atoms with Crippen molar-refractivity contribution in [2.45, 2.75) is 115 Å². The SMILES string of the molecule is CC(C)(C)OC(=O)N1CC(N)CO1.Cc1cc(C2=NOC(c3cc(Cl)c(F)c(Cl)c3)(C(F)(F)F)C2)ccc1C(=O)NC1CON(C(=O)OC(C)(C)C)C1.Cc1cc(C2=NOC(c3cc(Cl)c(F)c(Cl)c3)(C(F)(F)F)C2)ccc1C(=O)O. The molecule has 4 aliphatic heterocycles.